The Morgan fingerprint density at radius 1 is 1.22 bits per heavy atom. The number of aliphatic imine (C=N–C) groups is 1. The maximum Gasteiger partial charge on any atom is 0.267 e. The largest absolute Gasteiger partial charge is 0.321 e. The summed E-state index contributed by atoms with van der Waals surface area (Å²) in [4.78, 5) is 26.5. The van der Waals surface area contributed by atoms with Crippen LogP contribution in [0.1, 0.15) is 37.1 Å². The lowest BCUT2D eigenvalue weighted by Gasteiger charge is -2.09. The highest BCUT2D eigenvalue weighted by Gasteiger charge is 2.20. The molecule has 1 N–H and O–H groups in total. The first kappa shape index (κ1) is 17.8. The van der Waals surface area contributed by atoms with Crippen molar-refractivity contribution in [3.63, 3.8) is 0 Å². The van der Waals surface area contributed by atoms with Gasteiger partial charge in [0.05, 0.1) is 16.4 Å². The molecule has 0 fully saturated rings. The van der Waals surface area contributed by atoms with Gasteiger partial charge in [-0.3, -0.25) is 4.79 Å². The van der Waals surface area contributed by atoms with Crippen molar-refractivity contribution in [1.29, 1.82) is 0 Å². The van der Waals surface area contributed by atoms with Crippen LogP contribution in [0.3, 0.4) is 0 Å². The van der Waals surface area contributed by atoms with Crippen LogP contribution in [-0.2, 0) is 6.42 Å². The van der Waals surface area contributed by atoms with Crippen LogP contribution >= 0.6 is 22.9 Å². The number of benzene rings is 1. The number of pyridine rings is 1. The van der Waals surface area contributed by atoms with E-state index in [0.717, 1.165) is 38.9 Å². The number of nitrogens with zero attached hydrogens (tertiary/aromatic N) is 3. The molecule has 0 atom stereocenters. The molecule has 1 amide bonds. The first-order valence-corrected chi connectivity index (χ1v) is 9.68. The van der Waals surface area contributed by atoms with Crippen molar-refractivity contribution in [3.8, 4) is 0 Å². The summed E-state index contributed by atoms with van der Waals surface area (Å²) in [5.41, 5.74) is 5.27. The summed E-state index contributed by atoms with van der Waals surface area (Å²) in [5, 5.41) is 4.40. The fourth-order valence-corrected chi connectivity index (χ4v) is 4.15. The minimum Gasteiger partial charge on any atom is -0.321 e. The normalized spacial score (nSPS) is 12.7. The van der Waals surface area contributed by atoms with Gasteiger partial charge in [0.1, 0.15) is 4.88 Å². The molecule has 0 unspecified atom stereocenters. The van der Waals surface area contributed by atoms with E-state index in [1.165, 1.54) is 11.3 Å². The number of nitrogens with one attached hydrogen (secondary N) is 1. The fraction of sp³-hybridized carbons (Fsp3) is 0.200. The predicted molar refractivity (Wildman–Crippen MR) is 110 cm³/mol. The standard InChI is InChI=1S/C20H17ClN4OS/c1-10-6-13-7-17(25-19(13)22-9-10)15-8-14(4-5-16(15)21)24-20(26)18-11(2)23-12(3)27-18/h4-6,8-9H,7H2,1-3H3,(H,24,26). The molecule has 1 aliphatic rings. The van der Waals surface area contributed by atoms with Gasteiger partial charge >= 0.3 is 0 Å². The lowest BCUT2D eigenvalue weighted by molar-refractivity contribution is 0.103. The molecular formula is C20H17ClN4OS. The average Bonchev–Trinajstić information content (AvgIpc) is 3.18. The van der Waals surface area contributed by atoms with Gasteiger partial charge in [-0.25, -0.2) is 15.0 Å². The smallest absolute Gasteiger partial charge is 0.267 e. The molecule has 4 rings (SSSR count). The molecule has 27 heavy (non-hydrogen) atoms. The average molecular weight is 397 g/mol. The van der Waals surface area contributed by atoms with Gasteiger partial charge in [-0.15, -0.1) is 11.3 Å². The number of thiazole rings is 1. The number of carbonyl (C=O) groups excluding carboxylic acids is 1. The highest BCUT2D eigenvalue weighted by molar-refractivity contribution is 7.13. The van der Waals surface area contributed by atoms with Crippen molar-refractivity contribution in [3.05, 3.63) is 67.8 Å². The van der Waals surface area contributed by atoms with Crippen LogP contribution in [0.5, 0.6) is 0 Å². The molecule has 2 aromatic heterocycles. The molecule has 0 aliphatic carbocycles. The summed E-state index contributed by atoms with van der Waals surface area (Å²) in [7, 11) is 0. The van der Waals surface area contributed by atoms with Crippen molar-refractivity contribution in [2.24, 2.45) is 4.99 Å². The molecule has 3 heterocycles. The molecule has 0 bridgehead atoms. The third-order valence-electron chi connectivity index (χ3n) is 4.32. The van der Waals surface area contributed by atoms with E-state index in [1.807, 2.05) is 33.0 Å². The molecule has 136 valence electrons. The third-order valence-corrected chi connectivity index (χ3v) is 5.72. The van der Waals surface area contributed by atoms with Crippen LogP contribution in [0.2, 0.25) is 5.02 Å². The first-order valence-electron chi connectivity index (χ1n) is 8.49. The van der Waals surface area contributed by atoms with Crippen LogP contribution in [0.4, 0.5) is 11.5 Å². The van der Waals surface area contributed by atoms with E-state index in [4.69, 9.17) is 11.6 Å². The van der Waals surface area contributed by atoms with Gasteiger partial charge in [-0.05, 0) is 44.5 Å². The summed E-state index contributed by atoms with van der Waals surface area (Å²) >= 11 is 7.80. The Bertz CT molecular complexity index is 1100. The fourth-order valence-electron chi connectivity index (χ4n) is 3.11. The van der Waals surface area contributed by atoms with E-state index in [-0.39, 0.29) is 5.91 Å². The van der Waals surface area contributed by atoms with Gasteiger partial charge in [0.25, 0.3) is 5.91 Å². The molecule has 5 nitrogen and oxygen atoms in total. The zero-order valence-electron chi connectivity index (χ0n) is 15.1. The van der Waals surface area contributed by atoms with Crippen molar-refractivity contribution < 1.29 is 4.79 Å². The monoisotopic (exact) mass is 396 g/mol. The van der Waals surface area contributed by atoms with Crippen molar-refractivity contribution >= 4 is 46.1 Å². The van der Waals surface area contributed by atoms with Gasteiger partial charge in [0.15, 0.2) is 5.82 Å². The van der Waals surface area contributed by atoms with Crippen LogP contribution < -0.4 is 5.32 Å². The van der Waals surface area contributed by atoms with Gasteiger partial charge < -0.3 is 5.32 Å². The molecule has 1 aromatic carbocycles. The number of rotatable bonds is 3. The van der Waals surface area contributed by atoms with E-state index in [1.54, 1.807) is 12.1 Å². The first-order chi connectivity index (χ1) is 12.9. The molecular weight excluding hydrogens is 380 g/mol. The van der Waals surface area contributed by atoms with Crippen LogP contribution in [0.25, 0.3) is 0 Å². The maximum atomic E-state index is 12.6. The summed E-state index contributed by atoms with van der Waals surface area (Å²) in [6, 6.07) is 7.52. The minimum absolute atomic E-state index is 0.166. The summed E-state index contributed by atoms with van der Waals surface area (Å²) in [5.74, 6) is 0.567. The number of halogens is 1. The number of hydrogen-bond acceptors (Lipinski definition) is 5. The van der Waals surface area contributed by atoms with E-state index in [2.05, 4.69) is 26.3 Å². The number of carbonyl (C=O) groups is 1. The second-order valence-electron chi connectivity index (χ2n) is 6.53. The van der Waals surface area contributed by atoms with Gasteiger partial charge in [-0.1, -0.05) is 17.7 Å². The highest BCUT2D eigenvalue weighted by atomic mass is 35.5. The van der Waals surface area contributed by atoms with E-state index >= 15 is 0 Å². The summed E-state index contributed by atoms with van der Waals surface area (Å²) in [6.07, 6.45) is 2.48. The molecule has 7 heteroatoms. The lowest BCUT2D eigenvalue weighted by Crippen LogP contribution is -2.12. The Morgan fingerprint density at radius 2 is 2.04 bits per heavy atom. The number of aryl methyl sites for hydroxylation is 3. The molecule has 0 radical (unpaired) electrons. The maximum absolute atomic E-state index is 12.6. The van der Waals surface area contributed by atoms with Gasteiger partial charge in [0.2, 0.25) is 0 Å². The number of aromatic nitrogens is 2. The van der Waals surface area contributed by atoms with Crippen molar-refractivity contribution in [2.45, 2.75) is 27.2 Å². The SMILES string of the molecule is Cc1cnc2c(c1)CC(c1cc(NC(=O)c3sc(C)nc3C)ccc1Cl)=N2. The minimum atomic E-state index is -0.166. The number of anilines is 1. The van der Waals surface area contributed by atoms with E-state index in [0.29, 0.717) is 22.0 Å². The van der Waals surface area contributed by atoms with E-state index < -0.39 is 0 Å². The van der Waals surface area contributed by atoms with Crippen molar-refractivity contribution in [1.82, 2.24) is 9.97 Å². The zero-order chi connectivity index (χ0) is 19.1. The number of amides is 1. The lowest BCUT2D eigenvalue weighted by atomic mass is 10.0. The van der Waals surface area contributed by atoms with Gasteiger partial charge in [0, 0.05) is 34.5 Å². The second-order valence-corrected chi connectivity index (χ2v) is 8.14. The second kappa shape index (κ2) is 6.87. The Balaban J connectivity index is 1.61. The predicted octanol–water partition coefficient (Wildman–Crippen LogP) is 5.05. The number of hydrogen-bond donors (Lipinski definition) is 1. The summed E-state index contributed by atoms with van der Waals surface area (Å²) in [6.45, 7) is 5.74. The molecule has 0 spiro atoms. The number of fused-ring (bicyclic) bond motifs is 1. The molecule has 0 saturated heterocycles. The Kier molecular flexibility index (Phi) is 4.53. The Labute approximate surface area is 166 Å². The zero-order valence-corrected chi connectivity index (χ0v) is 16.7. The quantitative estimate of drug-likeness (QED) is 0.673. The van der Waals surface area contributed by atoms with Crippen molar-refractivity contribution in [2.75, 3.05) is 5.32 Å². The molecule has 1 aliphatic heterocycles. The highest BCUT2D eigenvalue weighted by Crippen LogP contribution is 2.31. The Morgan fingerprint density at radius 3 is 2.78 bits per heavy atom. The van der Waals surface area contributed by atoms with Crippen LogP contribution in [0, 0.1) is 20.8 Å². The van der Waals surface area contributed by atoms with E-state index in [9.17, 15) is 4.79 Å². The Hall–Kier alpha value is -2.57. The third kappa shape index (κ3) is 3.50. The topological polar surface area (TPSA) is 67.2 Å². The van der Waals surface area contributed by atoms with Crippen LogP contribution in [0.15, 0.2) is 35.5 Å². The van der Waals surface area contributed by atoms with Crippen LogP contribution in [-0.4, -0.2) is 21.6 Å². The molecule has 0 saturated carbocycles. The summed E-state index contributed by atoms with van der Waals surface area (Å²) < 4.78 is 0. The van der Waals surface area contributed by atoms with Gasteiger partial charge in [-0.2, -0.15) is 0 Å². The molecule has 3 aromatic rings.